The van der Waals surface area contributed by atoms with Gasteiger partial charge in [-0.3, -0.25) is 0 Å². The number of hydrogen-bond donors (Lipinski definition) is 1. The van der Waals surface area contributed by atoms with Crippen molar-refractivity contribution in [1.82, 2.24) is 15.2 Å². The molecule has 2 heterocycles. The summed E-state index contributed by atoms with van der Waals surface area (Å²) in [5.41, 5.74) is 2.95. The molecule has 1 aromatic heterocycles. The Morgan fingerprint density at radius 1 is 1.15 bits per heavy atom. The fraction of sp³-hybridized carbons (Fsp3) is 0.304. The Kier molecular flexibility index (Phi) is 7.13. The van der Waals surface area contributed by atoms with Crippen molar-refractivity contribution in [3.63, 3.8) is 0 Å². The standard InChI is InChI=1S/C23H24N4O5S/c1-3-11-33-23-25-22-20(26-27-23)15-7-5-6-8-16(15)24-21(32-22)14-9-10-17(31-13-19(28)29)18(12-14)30-4-2/h5-10,12,21,24H,3-4,11,13H2,1-2H3,(H,28,29)/p-1/t21-/m1/s1. The molecule has 10 heteroatoms. The number of aliphatic carboxylic acids is 1. The molecule has 172 valence electrons. The van der Waals surface area contributed by atoms with Crippen LogP contribution in [-0.4, -0.2) is 40.1 Å². The second-order valence-electron chi connectivity index (χ2n) is 7.08. The number of aromatic nitrogens is 3. The molecule has 1 N–H and O–H groups in total. The fourth-order valence-electron chi connectivity index (χ4n) is 3.26. The molecule has 4 rings (SSSR count). The third-order valence-electron chi connectivity index (χ3n) is 4.68. The molecule has 0 saturated heterocycles. The molecule has 0 radical (unpaired) electrons. The number of benzene rings is 2. The van der Waals surface area contributed by atoms with Crippen LogP contribution in [0.1, 0.15) is 32.1 Å². The van der Waals surface area contributed by atoms with E-state index in [1.165, 1.54) is 11.8 Å². The highest BCUT2D eigenvalue weighted by Crippen LogP contribution is 2.40. The molecule has 1 aliphatic heterocycles. The van der Waals surface area contributed by atoms with Crippen molar-refractivity contribution in [3.05, 3.63) is 48.0 Å². The minimum absolute atomic E-state index is 0.307. The number of nitrogens with zero attached hydrogens (tertiary/aromatic N) is 3. The summed E-state index contributed by atoms with van der Waals surface area (Å²) in [7, 11) is 0. The van der Waals surface area contributed by atoms with Crippen LogP contribution in [0.3, 0.4) is 0 Å². The van der Waals surface area contributed by atoms with Crippen molar-refractivity contribution in [2.24, 2.45) is 0 Å². The van der Waals surface area contributed by atoms with E-state index in [0.29, 0.717) is 34.8 Å². The maximum absolute atomic E-state index is 10.8. The predicted octanol–water partition coefficient (Wildman–Crippen LogP) is 3.07. The number of carbonyl (C=O) groups excluding carboxylic acids is 1. The van der Waals surface area contributed by atoms with E-state index in [1.807, 2.05) is 31.2 Å². The second-order valence-corrected chi connectivity index (χ2v) is 8.15. The van der Waals surface area contributed by atoms with Gasteiger partial charge in [0.05, 0.1) is 12.6 Å². The second kappa shape index (κ2) is 10.4. The number of fused-ring (bicyclic) bond motifs is 3. The summed E-state index contributed by atoms with van der Waals surface area (Å²) in [4.78, 5) is 15.4. The number of thioether (sulfide) groups is 1. The average molecular weight is 468 g/mol. The van der Waals surface area contributed by atoms with Crippen molar-refractivity contribution >= 4 is 23.4 Å². The zero-order valence-corrected chi connectivity index (χ0v) is 19.1. The Bertz CT molecular complexity index is 1140. The van der Waals surface area contributed by atoms with Crippen molar-refractivity contribution in [2.75, 3.05) is 24.3 Å². The molecule has 33 heavy (non-hydrogen) atoms. The summed E-state index contributed by atoms with van der Waals surface area (Å²) >= 11 is 1.52. The van der Waals surface area contributed by atoms with E-state index in [-0.39, 0.29) is 0 Å². The number of rotatable bonds is 9. The van der Waals surface area contributed by atoms with Gasteiger partial charge < -0.3 is 29.4 Å². The van der Waals surface area contributed by atoms with Crippen molar-refractivity contribution in [1.29, 1.82) is 0 Å². The summed E-state index contributed by atoms with van der Waals surface area (Å²) in [6, 6.07) is 12.9. The largest absolute Gasteiger partial charge is 0.546 e. The molecule has 1 aliphatic rings. The molecule has 2 aromatic carbocycles. The minimum atomic E-state index is -1.31. The number of anilines is 1. The highest BCUT2D eigenvalue weighted by atomic mass is 32.2. The first-order valence-corrected chi connectivity index (χ1v) is 11.6. The van der Waals surface area contributed by atoms with E-state index < -0.39 is 18.8 Å². The van der Waals surface area contributed by atoms with E-state index in [4.69, 9.17) is 14.2 Å². The van der Waals surface area contributed by atoms with Crippen molar-refractivity contribution in [3.8, 4) is 28.6 Å². The van der Waals surface area contributed by atoms with Crippen LogP contribution in [0.25, 0.3) is 11.3 Å². The predicted molar refractivity (Wildman–Crippen MR) is 121 cm³/mol. The van der Waals surface area contributed by atoms with Crippen LogP contribution in [0.4, 0.5) is 5.69 Å². The lowest BCUT2D eigenvalue weighted by Crippen LogP contribution is -2.29. The van der Waals surface area contributed by atoms with E-state index in [1.54, 1.807) is 18.2 Å². The molecule has 1 atom stereocenters. The summed E-state index contributed by atoms with van der Waals surface area (Å²) in [5.74, 6) is 0.652. The van der Waals surface area contributed by atoms with Gasteiger partial charge in [-0.15, -0.1) is 10.2 Å². The Morgan fingerprint density at radius 3 is 2.79 bits per heavy atom. The van der Waals surface area contributed by atoms with Gasteiger partial charge in [-0.1, -0.05) is 36.9 Å². The normalized spacial score (nSPS) is 14.2. The van der Waals surface area contributed by atoms with Gasteiger partial charge in [0.2, 0.25) is 11.0 Å². The number of para-hydroxylation sites is 1. The molecule has 0 amide bonds. The molecule has 0 fully saturated rings. The summed E-state index contributed by atoms with van der Waals surface area (Å²) < 4.78 is 17.3. The van der Waals surface area contributed by atoms with E-state index >= 15 is 0 Å². The third-order valence-corrected chi connectivity index (χ3v) is 5.73. The minimum Gasteiger partial charge on any atom is -0.546 e. The van der Waals surface area contributed by atoms with Crippen LogP contribution >= 0.6 is 11.8 Å². The fourth-order valence-corrected chi connectivity index (χ4v) is 3.90. The maximum atomic E-state index is 10.8. The smallest absolute Gasteiger partial charge is 0.247 e. The van der Waals surface area contributed by atoms with Crippen LogP contribution in [0.2, 0.25) is 0 Å². The molecule has 0 aliphatic carbocycles. The van der Waals surface area contributed by atoms with E-state index in [2.05, 4.69) is 27.4 Å². The van der Waals surface area contributed by atoms with Gasteiger partial charge in [0.15, 0.2) is 23.4 Å². The summed E-state index contributed by atoms with van der Waals surface area (Å²) in [6.45, 7) is 3.73. The van der Waals surface area contributed by atoms with Crippen molar-refractivity contribution < 1.29 is 24.1 Å². The molecule has 3 aromatic rings. The number of carbonyl (C=O) groups is 1. The number of carboxylic acid groups (broad SMARTS) is 1. The molecule has 0 saturated carbocycles. The average Bonchev–Trinajstić information content (AvgIpc) is 2.98. The van der Waals surface area contributed by atoms with Gasteiger partial charge in [-0.2, -0.15) is 4.98 Å². The molecule has 0 bridgehead atoms. The quantitative estimate of drug-likeness (QED) is 0.470. The van der Waals surface area contributed by atoms with E-state index in [9.17, 15) is 9.90 Å². The van der Waals surface area contributed by atoms with Gasteiger partial charge in [0, 0.05) is 22.6 Å². The molecular formula is C23H23N4O5S-. The first-order chi connectivity index (χ1) is 16.1. The lowest BCUT2D eigenvalue weighted by Gasteiger charge is -2.21. The third kappa shape index (κ3) is 5.28. The SMILES string of the molecule is CCCSc1nnc2c(n1)O[C@H](c1ccc(OCC(=O)[O-])c(OCC)c1)Nc1ccccc1-2. The lowest BCUT2D eigenvalue weighted by atomic mass is 10.1. The number of ether oxygens (including phenoxy) is 3. The molecule has 0 unspecified atom stereocenters. The molecule has 9 nitrogen and oxygen atoms in total. The highest BCUT2D eigenvalue weighted by Gasteiger charge is 2.26. The van der Waals surface area contributed by atoms with Crippen LogP contribution in [-0.2, 0) is 4.79 Å². The Morgan fingerprint density at radius 2 is 2.00 bits per heavy atom. The first kappa shape index (κ1) is 22.7. The zero-order valence-electron chi connectivity index (χ0n) is 18.2. The van der Waals surface area contributed by atoms with Crippen LogP contribution in [0, 0.1) is 0 Å². The van der Waals surface area contributed by atoms with Gasteiger partial charge in [0.25, 0.3) is 0 Å². The van der Waals surface area contributed by atoms with Crippen LogP contribution in [0.5, 0.6) is 17.4 Å². The van der Waals surface area contributed by atoms with Gasteiger partial charge in [-0.05, 0) is 37.6 Å². The highest BCUT2D eigenvalue weighted by molar-refractivity contribution is 7.99. The Hall–Kier alpha value is -3.53. The summed E-state index contributed by atoms with van der Waals surface area (Å²) in [5, 5.41) is 23.4. The lowest BCUT2D eigenvalue weighted by molar-refractivity contribution is -0.307. The van der Waals surface area contributed by atoms with Crippen LogP contribution in [0.15, 0.2) is 47.6 Å². The maximum Gasteiger partial charge on any atom is 0.247 e. The Labute approximate surface area is 195 Å². The topological polar surface area (TPSA) is 119 Å². The number of carboxylic acids is 1. The monoisotopic (exact) mass is 467 g/mol. The van der Waals surface area contributed by atoms with Crippen LogP contribution < -0.4 is 24.6 Å². The zero-order chi connectivity index (χ0) is 23.2. The van der Waals surface area contributed by atoms with E-state index in [0.717, 1.165) is 29.0 Å². The molecule has 0 spiro atoms. The van der Waals surface area contributed by atoms with Gasteiger partial charge in [0.1, 0.15) is 6.61 Å². The van der Waals surface area contributed by atoms with Gasteiger partial charge in [-0.25, -0.2) is 0 Å². The summed E-state index contributed by atoms with van der Waals surface area (Å²) in [6.07, 6.45) is 0.383. The number of nitrogens with one attached hydrogen (secondary N) is 1. The Balaban J connectivity index is 1.71. The van der Waals surface area contributed by atoms with Gasteiger partial charge >= 0.3 is 0 Å². The first-order valence-electron chi connectivity index (χ1n) is 10.6. The molecular weight excluding hydrogens is 444 g/mol. The number of hydrogen-bond acceptors (Lipinski definition) is 10. The van der Waals surface area contributed by atoms with Crippen molar-refractivity contribution in [2.45, 2.75) is 31.7 Å².